The molecule has 1 aromatic heterocycles. The Balaban J connectivity index is 1.57. The van der Waals surface area contributed by atoms with E-state index < -0.39 is 5.92 Å². The first kappa shape index (κ1) is 19.9. The van der Waals surface area contributed by atoms with Crippen LogP contribution in [0.2, 0.25) is 0 Å². The molecule has 6 nitrogen and oxygen atoms in total. The molecule has 0 spiro atoms. The van der Waals surface area contributed by atoms with Gasteiger partial charge in [-0.1, -0.05) is 12.1 Å². The summed E-state index contributed by atoms with van der Waals surface area (Å²) in [7, 11) is 0. The van der Waals surface area contributed by atoms with Gasteiger partial charge in [-0.05, 0) is 62.9 Å². The van der Waals surface area contributed by atoms with E-state index in [-0.39, 0.29) is 17.9 Å². The molecule has 2 amide bonds. The number of carbonyl (C=O) groups is 2. The minimum atomic E-state index is -0.641. The molecule has 1 aliphatic rings. The van der Waals surface area contributed by atoms with Crippen LogP contribution < -0.4 is 15.0 Å². The van der Waals surface area contributed by atoms with E-state index in [0.29, 0.717) is 25.4 Å². The van der Waals surface area contributed by atoms with Gasteiger partial charge in [0.25, 0.3) is 0 Å². The van der Waals surface area contributed by atoms with E-state index in [1.54, 1.807) is 17.2 Å². The van der Waals surface area contributed by atoms with Crippen molar-refractivity contribution in [2.24, 2.45) is 5.92 Å². The molecule has 2 aromatic rings. The molecule has 1 aromatic carbocycles. The Kier molecular flexibility index (Phi) is 5.97. The number of aryl methyl sites for hydroxylation is 2. The number of hydrogen-bond donors (Lipinski definition) is 1. The molecule has 3 rings (SSSR count). The van der Waals surface area contributed by atoms with Gasteiger partial charge in [-0.15, -0.1) is 0 Å². The summed E-state index contributed by atoms with van der Waals surface area (Å²) in [6, 6.07) is 9.59. The third-order valence-electron chi connectivity index (χ3n) is 4.94. The smallest absolute Gasteiger partial charge is 0.239 e. The topological polar surface area (TPSA) is 71.5 Å². The summed E-state index contributed by atoms with van der Waals surface area (Å²) >= 11 is 0. The lowest BCUT2D eigenvalue weighted by Crippen LogP contribution is -2.36. The molecule has 0 radical (unpaired) electrons. The number of anilines is 1. The fourth-order valence-electron chi connectivity index (χ4n) is 3.21. The Labute approximate surface area is 165 Å². The van der Waals surface area contributed by atoms with Crippen LogP contribution in [0.4, 0.5) is 5.69 Å². The van der Waals surface area contributed by atoms with E-state index >= 15 is 0 Å². The van der Waals surface area contributed by atoms with Crippen molar-refractivity contribution in [3.05, 3.63) is 53.2 Å². The highest BCUT2D eigenvalue weighted by atomic mass is 16.5. The van der Waals surface area contributed by atoms with Crippen LogP contribution in [-0.2, 0) is 16.1 Å². The summed E-state index contributed by atoms with van der Waals surface area (Å²) in [6.45, 7) is 8.83. The van der Waals surface area contributed by atoms with Crippen LogP contribution >= 0.6 is 0 Å². The Bertz CT molecular complexity index is 862. The first-order valence-corrected chi connectivity index (χ1v) is 9.63. The van der Waals surface area contributed by atoms with Gasteiger partial charge in [-0.2, -0.15) is 0 Å². The second kappa shape index (κ2) is 8.42. The third-order valence-corrected chi connectivity index (χ3v) is 4.94. The highest BCUT2D eigenvalue weighted by Gasteiger charge is 2.37. The molecule has 6 heteroatoms. The number of amides is 2. The van der Waals surface area contributed by atoms with Crippen molar-refractivity contribution in [3.8, 4) is 5.88 Å². The summed E-state index contributed by atoms with van der Waals surface area (Å²) < 4.78 is 5.51. The Hall–Kier alpha value is -2.89. The van der Waals surface area contributed by atoms with E-state index in [1.165, 1.54) is 5.56 Å². The number of pyridine rings is 1. The largest absolute Gasteiger partial charge is 0.475 e. The van der Waals surface area contributed by atoms with Crippen molar-refractivity contribution < 1.29 is 14.3 Å². The molecule has 1 atom stereocenters. The molecule has 1 unspecified atom stereocenters. The van der Waals surface area contributed by atoms with Gasteiger partial charge in [0.2, 0.25) is 17.7 Å². The quantitative estimate of drug-likeness (QED) is 0.781. The summed E-state index contributed by atoms with van der Waals surface area (Å²) in [5.74, 6) is -0.461. The first-order valence-electron chi connectivity index (χ1n) is 9.63. The van der Waals surface area contributed by atoms with E-state index in [2.05, 4.69) is 10.3 Å². The monoisotopic (exact) mass is 381 g/mol. The van der Waals surface area contributed by atoms with Gasteiger partial charge in [0, 0.05) is 31.0 Å². The van der Waals surface area contributed by atoms with Gasteiger partial charge >= 0.3 is 0 Å². The van der Waals surface area contributed by atoms with Crippen LogP contribution in [0.3, 0.4) is 0 Å². The SMILES string of the molecule is Cc1ccc(N2CCC(C(=O)NCc3ccc(OC(C)C)nc3)C2=O)cc1C. The van der Waals surface area contributed by atoms with Crippen LogP contribution in [0.5, 0.6) is 5.88 Å². The van der Waals surface area contributed by atoms with E-state index in [1.807, 2.05) is 52.0 Å². The molecule has 2 heterocycles. The van der Waals surface area contributed by atoms with Crippen LogP contribution in [0, 0.1) is 19.8 Å². The molecular formula is C22H27N3O3. The highest BCUT2D eigenvalue weighted by Crippen LogP contribution is 2.27. The number of rotatable bonds is 6. The van der Waals surface area contributed by atoms with Crippen LogP contribution in [-0.4, -0.2) is 29.4 Å². The maximum atomic E-state index is 12.7. The zero-order chi connectivity index (χ0) is 20.3. The number of hydrogen-bond acceptors (Lipinski definition) is 4. The van der Waals surface area contributed by atoms with Gasteiger partial charge in [0.15, 0.2) is 0 Å². The minimum Gasteiger partial charge on any atom is -0.475 e. The van der Waals surface area contributed by atoms with E-state index in [9.17, 15) is 9.59 Å². The fourth-order valence-corrected chi connectivity index (χ4v) is 3.21. The second-order valence-electron chi connectivity index (χ2n) is 7.49. The molecule has 1 saturated heterocycles. The normalized spacial score (nSPS) is 16.5. The van der Waals surface area contributed by atoms with Crippen molar-refractivity contribution in [2.75, 3.05) is 11.4 Å². The lowest BCUT2D eigenvalue weighted by Gasteiger charge is -2.18. The molecule has 0 bridgehead atoms. The Morgan fingerprint density at radius 3 is 2.68 bits per heavy atom. The van der Waals surface area contributed by atoms with Gasteiger partial charge in [-0.25, -0.2) is 4.98 Å². The lowest BCUT2D eigenvalue weighted by molar-refractivity contribution is -0.132. The summed E-state index contributed by atoms with van der Waals surface area (Å²) in [6.07, 6.45) is 2.26. The lowest BCUT2D eigenvalue weighted by atomic mass is 10.1. The predicted octanol–water partition coefficient (Wildman–Crippen LogP) is 3.15. The summed E-state index contributed by atoms with van der Waals surface area (Å²) in [5, 5.41) is 2.86. The predicted molar refractivity (Wildman–Crippen MR) is 108 cm³/mol. The number of aromatic nitrogens is 1. The molecule has 0 aliphatic carbocycles. The van der Waals surface area contributed by atoms with Gasteiger partial charge in [0.05, 0.1) is 6.10 Å². The Morgan fingerprint density at radius 1 is 1.25 bits per heavy atom. The van der Waals surface area contributed by atoms with Crippen LogP contribution in [0.15, 0.2) is 36.5 Å². The van der Waals surface area contributed by atoms with E-state index in [0.717, 1.165) is 16.8 Å². The second-order valence-corrected chi connectivity index (χ2v) is 7.49. The molecule has 1 N–H and O–H groups in total. The number of nitrogens with zero attached hydrogens (tertiary/aromatic N) is 2. The zero-order valence-corrected chi connectivity index (χ0v) is 16.9. The number of benzene rings is 1. The van der Waals surface area contributed by atoms with Gasteiger partial charge in [-0.3, -0.25) is 9.59 Å². The number of carbonyl (C=O) groups excluding carboxylic acids is 2. The highest BCUT2D eigenvalue weighted by molar-refractivity contribution is 6.09. The first-order chi connectivity index (χ1) is 13.3. The molecular weight excluding hydrogens is 354 g/mol. The maximum absolute atomic E-state index is 12.7. The minimum absolute atomic E-state index is 0.0618. The molecule has 148 valence electrons. The van der Waals surface area contributed by atoms with Crippen molar-refractivity contribution in [1.29, 1.82) is 0 Å². The molecule has 28 heavy (non-hydrogen) atoms. The summed E-state index contributed by atoms with van der Waals surface area (Å²) in [4.78, 5) is 31.2. The Morgan fingerprint density at radius 2 is 2.04 bits per heavy atom. The maximum Gasteiger partial charge on any atom is 0.239 e. The standard InChI is InChI=1S/C22H27N3O3/c1-14(2)28-20-8-6-17(12-23-20)13-24-21(26)19-9-10-25(22(19)27)18-7-5-15(3)16(4)11-18/h5-8,11-12,14,19H,9-10,13H2,1-4H3,(H,24,26). The van der Waals surface area contributed by atoms with Gasteiger partial charge < -0.3 is 15.0 Å². The van der Waals surface area contributed by atoms with Crippen molar-refractivity contribution >= 4 is 17.5 Å². The summed E-state index contributed by atoms with van der Waals surface area (Å²) in [5.41, 5.74) is 4.04. The van der Waals surface area contributed by atoms with Crippen molar-refractivity contribution in [2.45, 2.75) is 46.8 Å². The van der Waals surface area contributed by atoms with Gasteiger partial charge in [0.1, 0.15) is 5.92 Å². The van der Waals surface area contributed by atoms with Crippen molar-refractivity contribution in [3.63, 3.8) is 0 Å². The fraction of sp³-hybridized carbons (Fsp3) is 0.409. The molecule has 1 fully saturated rings. The third kappa shape index (κ3) is 4.50. The molecule has 0 saturated carbocycles. The number of nitrogens with one attached hydrogen (secondary N) is 1. The average molecular weight is 381 g/mol. The van der Waals surface area contributed by atoms with E-state index in [4.69, 9.17) is 4.74 Å². The molecule has 1 aliphatic heterocycles. The van der Waals surface area contributed by atoms with Crippen LogP contribution in [0.25, 0.3) is 0 Å². The number of ether oxygens (including phenoxy) is 1. The van der Waals surface area contributed by atoms with Crippen molar-refractivity contribution in [1.82, 2.24) is 10.3 Å². The average Bonchev–Trinajstić information content (AvgIpc) is 3.04. The van der Waals surface area contributed by atoms with Crippen LogP contribution in [0.1, 0.15) is 37.0 Å². The zero-order valence-electron chi connectivity index (χ0n) is 16.9.